The minimum absolute atomic E-state index is 0. The van der Waals surface area contributed by atoms with E-state index < -0.39 is 16.1 Å². The van der Waals surface area contributed by atoms with Crippen molar-refractivity contribution < 1.29 is 51.0 Å². The van der Waals surface area contributed by atoms with Crippen molar-refractivity contribution >= 4 is 43.7 Å². The van der Waals surface area contributed by atoms with Crippen LogP contribution in [0.5, 0.6) is 0 Å². The van der Waals surface area contributed by atoms with Gasteiger partial charge < -0.3 is 24.8 Å². The predicted octanol–water partition coefficient (Wildman–Crippen LogP) is 3.27. The Hall–Kier alpha value is -2.00. The fourth-order valence-corrected chi connectivity index (χ4v) is 9.55. The van der Waals surface area contributed by atoms with Gasteiger partial charge in [0.2, 0.25) is 0 Å². The summed E-state index contributed by atoms with van der Waals surface area (Å²) in [5, 5.41) is 8.26. The van der Waals surface area contributed by atoms with E-state index in [1.54, 1.807) is 0 Å². The summed E-state index contributed by atoms with van der Waals surface area (Å²) < 4.78 is 0. The van der Waals surface area contributed by atoms with E-state index in [1.807, 2.05) is 0 Å². The smallest absolute Gasteiger partial charge is 1.00 e. The third-order valence-electron chi connectivity index (χ3n) is 9.97. The molecule has 0 aromatic heterocycles. The summed E-state index contributed by atoms with van der Waals surface area (Å²) in [5.74, 6) is 0. The Balaban J connectivity index is 0.00000225. The normalized spacial score (nSPS) is 13.6. The van der Waals surface area contributed by atoms with E-state index in [0.717, 1.165) is 6.42 Å². The van der Waals surface area contributed by atoms with Crippen LogP contribution in [0.2, 0.25) is 39.3 Å². The van der Waals surface area contributed by atoms with E-state index in [9.17, 15) is 0 Å². The first-order valence-corrected chi connectivity index (χ1v) is 24.4. The van der Waals surface area contributed by atoms with E-state index in [-0.39, 0.29) is 61.8 Å². The van der Waals surface area contributed by atoms with Crippen molar-refractivity contribution in [3.63, 3.8) is 0 Å². The molecule has 0 unspecified atom stereocenters. The third-order valence-corrected chi connectivity index (χ3v) is 14.1. The van der Waals surface area contributed by atoms with E-state index in [1.165, 1.54) is 75.8 Å². The molecule has 0 bridgehead atoms. The topological polar surface area (TPSA) is 0 Å². The Kier molecular flexibility index (Phi) is 12.9. The first-order chi connectivity index (χ1) is 21.9. The van der Waals surface area contributed by atoms with Gasteiger partial charge in [-0.3, -0.25) is 0 Å². The van der Waals surface area contributed by atoms with Crippen molar-refractivity contribution in [3.05, 3.63) is 145 Å². The number of fused-ring (bicyclic) bond motifs is 2. The molecule has 0 spiro atoms. The molecule has 0 aliphatic heterocycles. The maximum Gasteiger partial charge on any atom is 3.00 e. The summed E-state index contributed by atoms with van der Waals surface area (Å²) in [6.07, 6.45) is 11.9. The molecule has 50 heavy (non-hydrogen) atoms. The van der Waals surface area contributed by atoms with Crippen LogP contribution in [0.4, 0.5) is 0 Å². The Morgan fingerprint density at radius 2 is 1.14 bits per heavy atom. The van der Waals surface area contributed by atoms with Crippen LogP contribution in [0.1, 0.15) is 81.3 Å². The number of rotatable bonds is 5. The largest absolute Gasteiger partial charge is 3.00 e. The Morgan fingerprint density at radius 1 is 0.640 bits per heavy atom. The summed E-state index contributed by atoms with van der Waals surface area (Å²) >= 11 is 0. The zero-order chi connectivity index (χ0) is 34.1. The van der Waals surface area contributed by atoms with Crippen LogP contribution in [0.15, 0.2) is 91.0 Å². The average Bonchev–Trinajstić information content (AvgIpc) is 3.64. The van der Waals surface area contributed by atoms with E-state index >= 15 is 0 Å². The third kappa shape index (κ3) is 8.13. The minimum Gasteiger partial charge on any atom is -1.00 e. The van der Waals surface area contributed by atoms with Crippen LogP contribution < -0.4 is 45.6 Å². The summed E-state index contributed by atoms with van der Waals surface area (Å²) in [6.45, 7) is 28.8. The molecule has 4 aromatic carbocycles. The molecular formula is C45H53Cl2Si2Zr. The Morgan fingerprint density at radius 3 is 1.56 bits per heavy atom. The van der Waals surface area contributed by atoms with Crippen LogP contribution in [0, 0.1) is 10.4 Å². The van der Waals surface area contributed by atoms with Crippen molar-refractivity contribution in [2.75, 3.05) is 0 Å². The van der Waals surface area contributed by atoms with Gasteiger partial charge in [0.15, 0.2) is 0 Å². The van der Waals surface area contributed by atoms with Crippen LogP contribution in [0.3, 0.4) is 0 Å². The molecule has 0 nitrogen and oxygen atoms in total. The monoisotopic (exact) mass is 809 g/mol. The summed E-state index contributed by atoms with van der Waals surface area (Å²) in [6, 6.07) is 28.6. The number of benzene rings is 4. The molecule has 0 saturated carbocycles. The summed E-state index contributed by atoms with van der Waals surface area (Å²) in [5.41, 5.74) is 10.6. The molecule has 0 amide bonds. The van der Waals surface area contributed by atoms with Crippen LogP contribution in [0.25, 0.3) is 17.2 Å². The predicted molar refractivity (Wildman–Crippen MR) is 212 cm³/mol. The van der Waals surface area contributed by atoms with Crippen LogP contribution in [-0.2, 0) is 37.0 Å². The van der Waals surface area contributed by atoms with Crippen LogP contribution >= 0.6 is 0 Å². The molecule has 0 N–H and O–H groups in total. The molecule has 0 fully saturated rings. The zero-order valence-corrected chi connectivity index (χ0v) is 38.1. The second-order valence-corrected chi connectivity index (χ2v) is 28.0. The van der Waals surface area contributed by atoms with Gasteiger partial charge in [-0.05, 0) is 44.7 Å². The van der Waals surface area contributed by atoms with E-state index in [4.69, 9.17) is 0 Å². The fourth-order valence-electron chi connectivity index (χ4n) is 7.22. The van der Waals surface area contributed by atoms with Gasteiger partial charge in [-0.2, -0.15) is 0 Å². The van der Waals surface area contributed by atoms with Gasteiger partial charge in [-0.25, -0.2) is 0 Å². The van der Waals surface area contributed by atoms with Gasteiger partial charge in [0.05, 0.1) is 16.1 Å². The van der Waals surface area contributed by atoms with Crippen molar-refractivity contribution in [3.8, 4) is 0 Å². The van der Waals surface area contributed by atoms with Gasteiger partial charge in [0, 0.05) is 0 Å². The SMILES string of the molecule is CC(C)(C)c1cc2c(c(C3=CC=CC3)c1=C(c1ccc([Si](C)(C)C)cc1)c1ccc([Si](C)(C)C)cc1)[C-]=c1c(C(C)(C)C)cccc1=2.[Cl-].[Cl-].[Zr+3]. The maximum atomic E-state index is 4.06. The van der Waals surface area contributed by atoms with Crippen molar-refractivity contribution in [2.24, 2.45) is 0 Å². The molecule has 1 radical (unpaired) electrons. The molecular weight excluding hydrogens is 759 g/mol. The number of hydrogen-bond donors (Lipinski definition) is 0. The Labute approximate surface area is 335 Å². The number of halogens is 2. The van der Waals surface area contributed by atoms with E-state index in [0.29, 0.717) is 0 Å². The molecule has 5 heteroatoms. The van der Waals surface area contributed by atoms with Crippen LogP contribution in [-0.4, -0.2) is 16.1 Å². The second-order valence-electron chi connectivity index (χ2n) is 17.8. The second kappa shape index (κ2) is 15.2. The standard InChI is InChI=1S/C45H53Si2.2ClH.Zr/c1-44(2,3)39-19-15-18-35-36-29-40(45(4,5)6)43(42(30-16-13-14-17-30)38(36)28-37(35)39)41(31-20-24-33(25-21-31)46(7,8)9)32-22-26-34(27-23-32)47(10,11)12;;;/h13-16,18-27,29H,17H2,1-12H3;2*1H;/q-1;;;+3/p-2. The first-order valence-electron chi connectivity index (χ1n) is 17.4. The van der Waals surface area contributed by atoms with Gasteiger partial charge in [-0.15, -0.1) is 27.3 Å². The molecule has 2 aliphatic rings. The van der Waals surface area contributed by atoms with Gasteiger partial charge in [0.25, 0.3) is 0 Å². The van der Waals surface area contributed by atoms with Gasteiger partial charge >= 0.3 is 26.2 Å². The van der Waals surface area contributed by atoms with Crippen molar-refractivity contribution in [1.29, 1.82) is 0 Å². The quantitative estimate of drug-likeness (QED) is 0.189. The zero-order valence-electron chi connectivity index (χ0n) is 32.1. The number of allylic oxidation sites excluding steroid dienone is 4. The molecule has 0 heterocycles. The molecule has 2 aliphatic carbocycles. The van der Waals surface area contributed by atoms with Crippen molar-refractivity contribution in [2.45, 2.75) is 98.1 Å². The molecule has 259 valence electrons. The van der Waals surface area contributed by atoms with Crippen molar-refractivity contribution in [1.82, 2.24) is 0 Å². The molecule has 0 atom stereocenters. The summed E-state index contributed by atoms with van der Waals surface area (Å²) in [4.78, 5) is 0. The van der Waals surface area contributed by atoms with E-state index in [2.05, 4.69) is 178 Å². The fraction of sp³-hybridized carbons (Fsp3) is 0.333. The Bertz CT molecular complexity index is 2110. The minimum atomic E-state index is -1.45. The molecule has 0 saturated heterocycles. The number of hydrogen-bond acceptors (Lipinski definition) is 0. The summed E-state index contributed by atoms with van der Waals surface area (Å²) in [7, 11) is -2.91. The molecule has 6 rings (SSSR count). The average molecular weight is 812 g/mol. The van der Waals surface area contributed by atoms with Gasteiger partial charge in [-0.1, -0.05) is 199 Å². The van der Waals surface area contributed by atoms with Gasteiger partial charge in [0.1, 0.15) is 0 Å². The maximum absolute atomic E-state index is 4.06. The first kappa shape index (κ1) is 42.4. The molecule has 4 aromatic rings.